The van der Waals surface area contributed by atoms with Crippen LogP contribution < -0.4 is 10.1 Å². The van der Waals surface area contributed by atoms with Crippen molar-refractivity contribution in [3.63, 3.8) is 0 Å². The molecule has 0 fully saturated rings. The Morgan fingerprint density at radius 1 is 1.50 bits per heavy atom. The highest BCUT2D eigenvalue weighted by Gasteiger charge is 2.16. The van der Waals surface area contributed by atoms with Crippen molar-refractivity contribution in [1.29, 1.82) is 0 Å². The Hall–Kier alpha value is -2.20. The van der Waals surface area contributed by atoms with Gasteiger partial charge in [-0.2, -0.15) is 0 Å². The second kappa shape index (κ2) is 7.19. The summed E-state index contributed by atoms with van der Waals surface area (Å²) in [4.78, 5) is 14.5. The Morgan fingerprint density at radius 2 is 2.22 bits per heavy atom. The van der Waals surface area contributed by atoms with Crippen molar-refractivity contribution in [2.75, 3.05) is 11.9 Å². The Labute approximate surface area is 106 Å². The molecule has 0 bridgehead atoms. The summed E-state index contributed by atoms with van der Waals surface area (Å²) in [5.74, 6) is 0.270. The van der Waals surface area contributed by atoms with Crippen molar-refractivity contribution in [3.8, 4) is 5.75 Å². The lowest BCUT2D eigenvalue weighted by Crippen LogP contribution is -2.25. The van der Waals surface area contributed by atoms with E-state index in [1.165, 1.54) is 0 Å². The highest BCUT2D eigenvalue weighted by Crippen LogP contribution is 2.24. The van der Waals surface area contributed by atoms with Crippen molar-refractivity contribution in [3.05, 3.63) is 34.7 Å². The number of nitrogens with one attached hydrogen (secondary N) is 1. The minimum Gasteiger partial charge on any atom is -0.492 e. The Balaban J connectivity index is 2.83. The van der Waals surface area contributed by atoms with Crippen LogP contribution in [-0.4, -0.2) is 18.6 Å². The zero-order valence-electron chi connectivity index (χ0n) is 10.5. The number of hydrogen-bond donors (Lipinski definition) is 1. The predicted octanol–water partition coefficient (Wildman–Crippen LogP) is 3.11. The maximum Gasteiger partial charge on any atom is 0.233 e. The summed E-state index contributed by atoms with van der Waals surface area (Å²) in [6, 6.07) is 6.43. The second-order valence-corrected chi connectivity index (χ2v) is 3.55. The highest BCUT2D eigenvalue weighted by molar-refractivity contribution is 5.96. The normalized spacial score (nSPS) is 11.2. The molecule has 1 unspecified atom stereocenters. The number of azide groups is 1. The van der Waals surface area contributed by atoms with Gasteiger partial charge in [0.2, 0.25) is 5.91 Å². The number of para-hydroxylation sites is 2. The van der Waals surface area contributed by atoms with Crippen LogP contribution in [0.2, 0.25) is 0 Å². The maximum absolute atomic E-state index is 11.9. The van der Waals surface area contributed by atoms with Gasteiger partial charge in [-0.1, -0.05) is 24.2 Å². The number of hydrogen-bond acceptors (Lipinski definition) is 3. The van der Waals surface area contributed by atoms with E-state index in [1.807, 2.05) is 13.0 Å². The van der Waals surface area contributed by atoms with Gasteiger partial charge in [0.25, 0.3) is 0 Å². The fraction of sp³-hybridized carbons (Fsp3) is 0.417. The zero-order valence-corrected chi connectivity index (χ0v) is 10.5. The molecule has 1 amide bonds. The van der Waals surface area contributed by atoms with Crippen LogP contribution in [0.1, 0.15) is 20.3 Å². The van der Waals surface area contributed by atoms with E-state index in [0.29, 0.717) is 24.5 Å². The topological polar surface area (TPSA) is 87.1 Å². The van der Waals surface area contributed by atoms with Gasteiger partial charge in [0.1, 0.15) is 11.8 Å². The number of amides is 1. The molecule has 1 N–H and O–H groups in total. The molecule has 0 radical (unpaired) electrons. The van der Waals surface area contributed by atoms with Gasteiger partial charge in [-0.3, -0.25) is 4.79 Å². The monoisotopic (exact) mass is 248 g/mol. The summed E-state index contributed by atoms with van der Waals surface area (Å²) in [5, 5.41) is 6.14. The molecule has 0 heterocycles. The zero-order chi connectivity index (χ0) is 13.4. The van der Waals surface area contributed by atoms with Crippen LogP contribution in [0.25, 0.3) is 10.4 Å². The molecule has 18 heavy (non-hydrogen) atoms. The lowest BCUT2D eigenvalue weighted by molar-refractivity contribution is -0.117. The molecule has 1 rings (SSSR count). The highest BCUT2D eigenvalue weighted by atomic mass is 16.5. The Morgan fingerprint density at radius 3 is 2.83 bits per heavy atom. The number of rotatable bonds is 6. The van der Waals surface area contributed by atoms with Gasteiger partial charge in [0, 0.05) is 4.91 Å². The largest absolute Gasteiger partial charge is 0.492 e. The molecule has 1 atom stereocenters. The van der Waals surface area contributed by atoms with E-state index >= 15 is 0 Å². The third kappa shape index (κ3) is 3.68. The molecule has 6 nitrogen and oxygen atoms in total. The molecule has 1 aromatic carbocycles. The van der Waals surface area contributed by atoms with Gasteiger partial charge in [-0.25, -0.2) is 0 Å². The van der Waals surface area contributed by atoms with Crippen molar-refractivity contribution in [2.45, 2.75) is 26.3 Å². The van der Waals surface area contributed by atoms with E-state index in [4.69, 9.17) is 10.3 Å². The Kier molecular flexibility index (Phi) is 5.54. The lowest BCUT2D eigenvalue weighted by Gasteiger charge is -2.13. The summed E-state index contributed by atoms with van der Waals surface area (Å²) >= 11 is 0. The number of ether oxygens (including phenoxy) is 1. The molecular formula is C12H16N4O2. The average Bonchev–Trinajstić information content (AvgIpc) is 2.38. The van der Waals surface area contributed by atoms with E-state index in [0.717, 1.165) is 0 Å². The molecule has 1 aromatic rings. The summed E-state index contributed by atoms with van der Waals surface area (Å²) in [7, 11) is 0. The first-order chi connectivity index (χ1) is 8.72. The van der Waals surface area contributed by atoms with Crippen molar-refractivity contribution in [2.24, 2.45) is 5.11 Å². The number of benzene rings is 1. The van der Waals surface area contributed by atoms with E-state index in [2.05, 4.69) is 15.3 Å². The third-order valence-electron chi connectivity index (χ3n) is 2.33. The molecule has 0 aliphatic rings. The smallest absolute Gasteiger partial charge is 0.233 e. The van der Waals surface area contributed by atoms with E-state index < -0.39 is 6.04 Å². The van der Waals surface area contributed by atoms with Gasteiger partial charge >= 0.3 is 0 Å². The molecule has 96 valence electrons. The molecule has 6 heteroatoms. The van der Waals surface area contributed by atoms with E-state index in [1.54, 1.807) is 25.1 Å². The van der Waals surface area contributed by atoms with Crippen LogP contribution in [-0.2, 0) is 4.79 Å². The quantitative estimate of drug-likeness (QED) is 0.476. The minimum absolute atomic E-state index is 0.331. The number of anilines is 1. The molecule has 0 saturated carbocycles. The number of carbonyl (C=O) groups excluding carboxylic acids is 1. The van der Waals surface area contributed by atoms with Crippen molar-refractivity contribution < 1.29 is 9.53 Å². The van der Waals surface area contributed by atoms with Gasteiger partial charge < -0.3 is 10.1 Å². The molecule has 0 aliphatic carbocycles. The fourth-order valence-corrected chi connectivity index (χ4v) is 1.45. The molecule has 0 aliphatic heterocycles. The first-order valence-corrected chi connectivity index (χ1v) is 5.79. The van der Waals surface area contributed by atoms with Crippen LogP contribution in [0.3, 0.4) is 0 Å². The first kappa shape index (κ1) is 13.9. The van der Waals surface area contributed by atoms with Gasteiger partial charge in [-0.15, -0.1) is 0 Å². The SMILES string of the molecule is CCOc1ccccc1NC(=O)C(CC)N=[N+]=[N-]. The predicted molar refractivity (Wildman–Crippen MR) is 69.5 cm³/mol. The van der Waals surface area contributed by atoms with Crippen LogP contribution in [0.5, 0.6) is 5.75 Å². The standard InChI is InChI=1S/C12H16N4O2/c1-3-9(15-16-13)12(17)14-10-7-5-6-8-11(10)18-4-2/h5-9H,3-4H2,1-2H3,(H,14,17). The van der Waals surface area contributed by atoms with Gasteiger partial charge in [-0.05, 0) is 31.0 Å². The average molecular weight is 248 g/mol. The minimum atomic E-state index is -0.704. The maximum atomic E-state index is 11.9. The summed E-state index contributed by atoms with van der Waals surface area (Å²) < 4.78 is 5.39. The van der Waals surface area contributed by atoms with E-state index in [9.17, 15) is 4.79 Å². The van der Waals surface area contributed by atoms with Crippen molar-refractivity contribution >= 4 is 11.6 Å². The van der Waals surface area contributed by atoms with Crippen LogP contribution in [0.4, 0.5) is 5.69 Å². The molecule has 0 saturated heterocycles. The van der Waals surface area contributed by atoms with Crippen molar-refractivity contribution in [1.82, 2.24) is 0 Å². The Bertz CT molecular complexity index is 455. The fourth-order valence-electron chi connectivity index (χ4n) is 1.45. The number of nitrogens with zero attached hydrogens (tertiary/aromatic N) is 3. The third-order valence-corrected chi connectivity index (χ3v) is 2.33. The number of carbonyl (C=O) groups is 1. The molecule has 0 spiro atoms. The first-order valence-electron chi connectivity index (χ1n) is 5.79. The van der Waals surface area contributed by atoms with Gasteiger partial charge in [0.15, 0.2) is 0 Å². The molecular weight excluding hydrogens is 232 g/mol. The van der Waals surface area contributed by atoms with Crippen LogP contribution in [0, 0.1) is 0 Å². The van der Waals surface area contributed by atoms with Crippen LogP contribution in [0.15, 0.2) is 29.4 Å². The summed E-state index contributed by atoms with van der Waals surface area (Å²) in [5.41, 5.74) is 8.95. The second-order valence-electron chi connectivity index (χ2n) is 3.55. The van der Waals surface area contributed by atoms with Crippen LogP contribution >= 0.6 is 0 Å². The lowest BCUT2D eigenvalue weighted by atomic mass is 10.2. The summed E-state index contributed by atoms with van der Waals surface area (Å²) in [6.07, 6.45) is 0.451. The summed E-state index contributed by atoms with van der Waals surface area (Å²) in [6.45, 7) is 4.17. The van der Waals surface area contributed by atoms with E-state index in [-0.39, 0.29) is 5.91 Å². The van der Waals surface area contributed by atoms with Gasteiger partial charge in [0.05, 0.1) is 12.3 Å². The molecule has 0 aromatic heterocycles.